The second-order valence-electron chi connectivity index (χ2n) is 3.51. The molecule has 0 saturated heterocycles. The standard InChI is InChI=1S/C12H12F3NO/c1-2-9(11(16)17)6-8-4-3-5-10(7-8)12(13,14)15/h3-7H,2H2,1H3,(H2,16,17). The second kappa shape index (κ2) is 5.03. The van der Waals surface area contributed by atoms with E-state index in [1.54, 1.807) is 6.92 Å². The van der Waals surface area contributed by atoms with Crippen molar-refractivity contribution in [2.45, 2.75) is 19.5 Å². The summed E-state index contributed by atoms with van der Waals surface area (Å²) < 4.78 is 37.3. The van der Waals surface area contributed by atoms with E-state index in [4.69, 9.17) is 5.73 Å². The van der Waals surface area contributed by atoms with Gasteiger partial charge < -0.3 is 5.73 Å². The van der Waals surface area contributed by atoms with Crippen LogP contribution in [0.2, 0.25) is 0 Å². The lowest BCUT2D eigenvalue weighted by Crippen LogP contribution is -2.13. The quantitative estimate of drug-likeness (QED) is 0.815. The molecule has 1 aromatic rings. The molecule has 0 saturated carbocycles. The third-order valence-corrected chi connectivity index (χ3v) is 2.25. The molecule has 0 bridgehead atoms. The van der Waals surface area contributed by atoms with Crippen LogP contribution in [0.4, 0.5) is 13.2 Å². The molecule has 2 N–H and O–H groups in total. The summed E-state index contributed by atoms with van der Waals surface area (Å²) in [6.45, 7) is 1.71. The number of nitrogens with two attached hydrogens (primary N) is 1. The normalized spacial score (nSPS) is 12.6. The summed E-state index contributed by atoms with van der Waals surface area (Å²) in [4.78, 5) is 10.9. The summed E-state index contributed by atoms with van der Waals surface area (Å²) in [6, 6.07) is 4.75. The highest BCUT2D eigenvalue weighted by Crippen LogP contribution is 2.30. The van der Waals surface area contributed by atoms with E-state index in [-0.39, 0.29) is 0 Å². The number of alkyl halides is 3. The zero-order chi connectivity index (χ0) is 13.1. The van der Waals surface area contributed by atoms with E-state index in [0.717, 1.165) is 12.1 Å². The maximum atomic E-state index is 12.4. The number of halogens is 3. The minimum atomic E-state index is -4.39. The molecule has 1 amide bonds. The van der Waals surface area contributed by atoms with Crippen molar-refractivity contribution < 1.29 is 18.0 Å². The van der Waals surface area contributed by atoms with Gasteiger partial charge in [-0.25, -0.2) is 0 Å². The summed E-state index contributed by atoms with van der Waals surface area (Å²) in [5, 5.41) is 0. The largest absolute Gasteiger partial charge is 0.416 e. The Kier molecular flexibility index (Phi) is 3.93. The van der Waals surface area contributed by atoms with Gasteiger partial charge in [0.1, 0.15) is 0 Å². The van der Waals surface area contributed by atoms with E-state index >= 15 is 0 Å². The highest BCUT2D eigenvalue weighted by Gasteiger charge is 2.30. The molecule has 0 atom stereocenters. The Hall–Kier alpha value is -1.78. The molecule has 92 valence electrons. The van der Waals surface area contributed by atoms with Gasteiger partial charge in [-0.05, 0) is 30.2 Å². The van der Waals surface area contributed by atoms with E-state index in [1.165, 1.54) is 18.2 Å². The number of rotatable bonds is 3. The van der Waals surface area contributed by atoms with Crippen molar-refractivity contribution >= 4 is 12.0 Å². The van der Waals surface area contributed by atoms with Gasteiger partial charge in [0.25, 0.3) is 0 Å². The van der Waals surface area contributed by atoms with Crippen molar-refractivity contribution in [2.75, 3.05) is 0 Å². The van der Waals surface area contributed by atoms with Gasteiger partial charge in [-0.3, -0.25) is 4.79 Å². The van der Waals surface area contributed by atoms with Crippen molar-refractivity contribution in [3.05, 3.63) is 41.0 Å². The minimum Gasteiger partial charge on any atom is -0.366 e. The van der Waals surface area contributed by atoms with Crippen LogP contribution in [0.25, 0.3) is 6.08 Å². The van der Waals surface area contributed by atoms with E-state index in [0.29, 0.717) is 17.6 Å². The van der Waals surface area contributed by atoms with Gasteiger partial charge in [-0.15, -0.1) is 0 Å². The lowest BCUT2D eigenvalue weighted by molar-refractivity contribution is -0.137. The first kappa shape index (κ1) is 13.3. The second-order valence-corrected chi connectivity index (χ2v) is 3.51. The molecule has 0 heterocycles. The van der Waals surface area contributed by atoms with Crippen molar-refractivity contribution in [3.63, 3.8) is 0 Å². The number of primary amides is 1. The fourth-order valence-electron chi connectivity index (χ4n) is 1.35. The molecule has 1 rings (SSSR count). The van der Waals surface area contributed by atoms with E-state index in [2.05, 4.69) is 0 Å². The number of benzene rings is 1. The highest BCUT2D eigenvalue weighted by molar-refractivity contribution is 5.96. The molecular formula is C12H12F3NO. The van der Waals surface area contributed by atoms with Gasteiger partial charge in [0, 0.05) is 5.57 Å². The predicted octanol–water partition coefficient (Wildman–Crippen LogP) is 2.98. The van der Waals surface area contributed by atoms with Crippen molar-refractivity contribution in [2.24, 2.45) is 5.73 Å². The first-order valence-corrected chi connectivity index (χ1v) is 5.02. The Morgan fingerprint density at radius 1 is 1.41 bits per heavy atom. The molecule has 1 aromatic carbocycles. The molecule has 0 spiro atoms. The third kappa shape index (κ3) is 3.62. The Balaban J connectivity index is 3.12. The summed E-state index contributed by atoms with van der Waals surface area (Å²) >= 11 is 0. The summed E-state index contributed by atoms with van der Waals surface area (Å²) in [7, 11) is 0. The predicted molar refractivity (Wildman–Crippen MR) is 58.9 cm³/mol. The smallest absolute Gasteiger partial charge is 0.366 e. The van der Waals surface area contributed by atoms with Gasteiger partial charge in [-0.1, -0.05) is 19.1 Å². The molecule has 0 aliphatic rings. The zero-order valence-electron chi connectivity index (χ0n) is 9.21. The van der Waals surface area contributed by atoms with Gasteiger partial charge in [0.05, 0.1) is 5.56 Å². The number of amides is 1. The Labute approximate surface area is 96.9 Å². The average molecular weight is 243 g/mol. The van der Waals surface area contributed by atoms with Crippen LogP contribution in [0.3, 0.4) is 0 Å². The number of hydrogen-bond acceptors (Lipinski definition) is 1. The SMILES string of the molecule is CCC(=Cc1cccc(C(F)(F)F)c1)C(N)=O. The topological polar surface area (TPSA) is 43.1 Å². The van der Waals surface area contributed by atoms with Gasteiger partial charge in [-0.2, -0.15) is 13.2 Å². The van der Waals surface area contributed by atoms with Crippen LogP contribution in [0.1, 0.15) is 24.5 Å². The number of hydrogen-bond donors (Lipinski definition) is 1. The molecule has 5 heteroatoms. The lowest BCUT2D eigenvalue weighted by Gasteiger charge is -2.07. The Bertz CT molecular complexity index is 449. The fraction of sp³-hybridized carbons (Fsp3) is 0.250. The van der Waals surface area contributed by atoms with Crippen LogP contribution in [0.15, 0.2) is 29.8 Å². The summed E-state index contributed by atoms with van der Waals surface area (Å²) in [5.41, 5.74) is 4.96. The van der Waals surface area contributed by atoms with Crippen LogP contribution in [-0.4, -0.2) is 5.91 Å². The minimum absolute atomic E-state index is 0.296. The van der Waals surface area contributed by atoms with Crippen molar-refractivity contribution in [3.8, 4) is 0 Å². The van der Waals surface area contributed by atoms with Crippen LogP contribution < -0.4 is 5.73 Å². The van der Waals surface area contributed by atoms with Gasteiger partial charge >= 0.3 is 6.18 Å². The highest BCUT2D eigenvalue weighted by atomic mass is 19.4. The van der Waals surface area contributed by atoms with Crippen molar-refractivity contribution in [1.82, 2.24) is 0 Å². The Morgan fingerprint density at radius 3 is 2.53 bits per heavy atom. The van der Waals surface area contributed by atoms with Crippen LogP contribution in [0, 0.1) is 0 Å². The maximum Gasteiger partial charge on any atom is 0.416 e. The Morgan fingerprint density at radius 2 is 2.06 bits per heavy atom. The molecule has 0 aromatic heterocycles. The van der Waals surface area contributed by atoms with Crippen LogP contribution in [0.5, 0.6) is 0 Å². The van der Waals surface area contributed by atoms with Crippen molar-refractivity contribution in [1.29, 1.82) is 0 Å². The first-order chi connectivity index (χ1) is 7.84. The van der Waals surface area contributed by atoms with Gasteiger partial charge in [0.2, 0.25) is 5.91 Å². The summed E-state index contributed by atoms with van der Waals surface area (Å²) in [6.07, 6.45) is -2.63. The summed E-state index contributed by atoms with van der Waals surface area (Å²) in [5.74, 6) is -0.620. The first-order valence-electron chi connectivity index (χ1n) is 5.02. The van der Waals surface area contributed by atoms with Crippen LogP contribution in [-0.2, 0) is 11.0 Å². The monoisotopic (exact) mass is 243 g/mol. The molecule has 0 fully saturated rings. The molecule has 0 aliphatic carbocycles. The van der Waals surface area contributed by atoms with E-state index < -0.39 is 17.6 Å². The van der Waals surface area contributed by atoms with E-state index in [1.807, 2.05) is 0 Å². The fourth-order valence-corrected chi connectivity index (χ4v) is 1.35. The maximum absolute atomic E-state index is 12.4. The molecule has 17 heavy (non-hydrogen) atoms. The molecular weight excluding hydrogens is 231 g/mol. The van der Waals surface area contributed by atoms with Gasteiger partial charge in [0.15, 0.2) is 0 Å². The zero-order valence-corrected chi connectivity index (χ0v) is 9.21. The molecule has 0 unspecified atom stereocenters. The molecule has 0 radical (unpaired) electrons. The average Bonchev–Trinajstić information content (AvgIpc) is 2.24. The lowest BCUT2D eigenvalue weighted by atomic mass is 10.1. The molecule has 2 nitrogen and oxygen atoms in total. The number of carbonyl (C=O) groups excluding carboxylic acids is 1. The molecule has 0 aliphatic heterocycles. The van der Waals surface area contributed by atoms with Crippen LogP contribution >= 0.6 is 0 Å². The number of carbonyl (C=O) groups is 1. The third-order valence-electron chi connectivity index (χ3n) is 2.25. The van der Waals surface area contributed by atoms with E-state index in [9.17, 15) is 18.0 Å².